The largest absolute Gasteiger partial charge is 0.491 e. The molecule has 0 atom stereocenters. The summed E-state index contributed by atoms with van der Waals surface area (Å²) >= 11 is 0. The van der Waals surface area contributed by atoms with Gasteiger partial charge in [0.25, 0.3) is 0 Å². The fraction of sp³-hybridized carbons (Fsp3) is 0.333. The molecule has 4 nitrogen and oxygen atoms in total. The van der Waals surface area contributed by atoms with Gasteiger partial charge in [0.15, 0.2) is 6.29 Å². The maximum atomic E-state index is 13.7. The Morgan fingerprint density at radius 3 is 2.65 bits per heavy atom. The normalized spacial score (nSPS) is 10.9. The van der Waals surface area contributed by atoms with Crippen LogP contribution in [0.4, 0.5) is 4.39 Å². The third-order valence-corrected chi connectivity index (χ3v) is 2.94. The van der Waals surface area contributed by atoms with Crippen molar-refractivity contribution in [3.8, 4) is 17.0 Å². The number of hydrogen-bond donors (Lipinski definition) is 0. The Hall–Kier alpha value is -2.17. The number of benzene rings is 1. The number of carbonyl (C=O) groups excluding carboxylic acids is 1. The first-order valence-electron chi connectivity index (χ1n) is 6.39. The lowest BCUT2D eigenvalue weighted by molar-refractivity contribution is 0.112. The van der Waals surface area contributed by atoms with Crippen LogP contribution in [0.1, 0.15) is 29.8 Å². The van der Waals surface area contributed by atoms with E-state index in [1.807, 2.05) is 32.9 Å². The molecule has 0 saturated carbocycles. The number of aryl methyl sites for hydroxylation is 2. The van der Waals surface area contributed by atoms with Crippen molar-refractivity contribution in [1.29, 1.82) is 0 Å². The van der Waals surface area contributed by atoms with Crippen LogP contribution in [0.25, 0.3) is 11.3 Å². The Bertz CT molecular complexity index is 648. The SMILES string of the molecule is Cc1cc(-c2nn(C)c(F)c2C=O)ccc1OC(C)C. The van der Waals surface area contributed by atoms with Crippen LogP contribution in [0.5, 0.6) is 5.75 Å². The highest BCUT2D eigenvalue weighted by molar-refractivity contribution is 5.86. The zero-order valence-corrected chi connectivity index (χ0v) is 12.0. The van der Waals surface area contributed by atoms with E-state index >= 15 is 0 Å². The summed E-state index contributed by atoms with van der Waals surface area (Å²) in [5.41, 5.74) is 1.93. The molecule has 2 rings (SSSR count). The van der Waals surface area contributed by atoms with Gasteiger partial charge in [0.1, 0.15) is 11.4 Å². The van der Waals surface area contributed by atoms with E-state index in [1.54, 1.807) is 6.07 Å². The van der Waals surface area contributed by atoms with E-state index in [0.717, 1.165) is 16.0 Å². The van der Waals surface area contributed by atoms with Gasteiger partial charge in [-0.3, -0.25) is 4.79 Å². The number of carbonyl (C=O) groups is 1. The van der Waals surface area contributed by atoms with Crippen LogP contribution < -0.4 is 4.74 Å². The number of hydrogen-bond acceptors (Lipinski definition) is 3. The molecule has 0 fully saturated rings. The van der Waals surface area contributed by atoms with Gasteiger partial charge in [0.05, 0.1) is 11.7 Å². The van der Waals surface area contributed by atoms with Crippen LogP contribution in [-0.4, -0.2) is 22.2 Å². The van der Waals surface area contributed by atoms with Gasteiger partial charge in [-0.15, -0.1) is 0 Å². The smallest absolute Gasteiger partial charge is 0.222 e. The van der Waals surface area contributed by atoms with Crippen LogP contribution in [0.3, 0.4) is 0 Å². The summed E-state index contributed by atoms with van der Waals surface area (Å²) in [6.07, 6.45) is 0.573. The number of ether oxygens (including phenoxy) is 1. The molecule has 106 valence electrons. The average Bonchev–Trinajstić information content (AvgIpc) is 2.67. The average molecular weight is 276 g/mol. The lowest BCUT2D eigenvalue weighted by Gasteiger charge is -2.13. The lowest BCUT2D eigenvalue weighted by atomic mass is 10.1. The van der Waals surface area contributed by atoms with Crippen molar-refractivity contribution in [2.24, 2.45) is 7.05 Å². The van der Waals surface area contributed by atoms with Gasteiger partial charge in [-0.1, -0.05) is 0 Å². The van der Waals surface area contributed by atoms with Gasteiger partial charge in [0, 0.05) is 12.6 Å². The molecule has 0 bridgehead atoms. The molecule has 5 heteroatoms. The van der Waals surface area contributed by atoms with Crippen molar-refractivity contribution in [2.45, 2.75) is 26.9 Å². The second-order valence-corrected chi connectivity index (χ2v) is 4.94. The minimum Gasteiger partial charge on any atom is -0.491 e. The van der Waals surface area contributed by atoms with Crippen molar-refractivity contribution in [2.75, 3.05) is 0 Å². The first-order valence-corrected chi connectivity index (χ1v) is 6.39. The fourth-order valence-corrected chi connectivity index (χ4v) is 2.02. The first-order chi connectivity index (χ1) is 9.43. The molecule has 20 heavy (non-hydrogen) atoms. The maximum Gasteiger partial charge on any atom is 0.222 e. The maximum absolute atomic E-state index is 13.7. The summed E-state index contributed by atoms with van der Waals surface area (Å²) < 4.78 is 20.4. The van der Waals surface area contributed by atoms with E-state index < -0.39 is 5.95 Å². The van der Waals surface area contributed by atoms with E-state index in [-0.39, 0.29) is 11.7 Å². The Balaban J connectivity index is 2.47. The van der Waals surface area contributed by atoms with E-state index in [4.69, 9.17) is 4.74 Å². The van der Waals surface area contributed by atoms with Crippen LogP contribution in [0.15, 0.2) is 18.2 Å². The second-order valence-electron chi connectivity index (χ2n) is 4.94. The Morgan fingerprint density at radius 2 is 2.10 bits per heavy atom. The van der Waals surface area contributed by atoms with Crippen LogP contribution in [0.2, 0.25) is 0 Å². The van der Waals surface area contributed by atoms with E-state index in [0.29, 0.717) is 17.5 Å². The summed E-state index contributed by atoms with van der Waals surface area (Å²) in [5.74, 6) is 0.142. The van der Waals surface area contributed by atoms with Crippen molar-refractivity contribution in [3.05, 3.63) is 35.3 Å². The van der Waals surface area contributed by atoms with Crippen LogP contribution in [0, 0.1) is 12.9 Å². The lowest BCUT2D eigenvalue weighted by Crippen LogP contribution is -2.06. The van der Waals surface area contributed by atoms with Crippen LogP contribution in [-0.2, 0) is 7.05 Å². The zero-order chi connectivity index (χ0) is 14.9. The van der Waals surface area contributed by atoms with Gasteiger partial charge >= 0.3 is 0 Å². The minimum atomic E-state index is -0.629. The number of aromatic nitrogens is 2. The topological polar surface area (TPSA) is 44.1 Å². The fourth-order valence-electron chi connectivity index (χ4n) is 2.02. The summed E-state index contributed by atoms with van der Waals surface area (Å²) in [6.45, 7) is 5.80. The predicted octanol–water partition coefficient (Wildman–Crippen LogP) is 3.13. The molecule has 0 amide bonds. The van der Waals surface area contributed by atoms with E-state index in [9.17, 15) is 9.18 Å². The summed E-state index contributed by atoms with van der Waals surface area (Å²) in [6, 6.07) is 5.43. The van der Waals surface area contributed by atoms with Gasteiger partial charge in [-0.05, 0) is 44.5 Å². The molecule has 1 aromatic carbocycles. The molecule has 0 spiro atoms. The standard InChI is InChI=1S/C15H17FN2O2/c1-9(2)20-13-6-5-11(7-10(13)3)14-12(8-19)15(16)18(4)17-14/h5-9H,1-4H3. The molecule has 0 aliphatic rings. The van der Waals surface area contributed by atoms with Crippen molar-refractivity contribution in [3.63, 3.8) is 0 Å². The van der Waals surface area contributed by atoms with Crippen molar-refractivity contribution in [1.82, 2.24) is 9.78 Å². The number of aldehydes is 1. The highest BCUT2D eigenvalue weighted by atomic mass is 19.1. The highest BCUT2D eigenvalue weighted by Crippen LogP contribution is 2.28. The molecule has 1 aromatic heterocycles. The highest BCUT2D eigenvalue weighted by Gasteiger charge is 2.17. The van der Waals surface area contributed by atoms with Crippen molar-refractivity contribution >= 4 is 6.29 Å². The Morgan fingerprint density at radius 1 is 1.40 bits per heavy atom. The molecular formula is C15H17FN2O2. The van der Waals surface area contributed by atoms with Crippen LogP contribution >= 0.6 is 0 Å². The molecule has 0 aliphatic carbocycles. The molecular weight excluding hydrogens is 259 g/mol. The number of halogens is 1. The monoisotopic (exact) mass is 276 g/mol. The molecule has 0 N–H and O–H groups in total. The number of rotatable bonds is 4. The first kappa shape index (κ1) is 14.2. The molecule has 2 aromatic rings. The zero-order valence-electron chi connectivity index (χ0n) is 12.0. The molecule has 1 heterocycles. The predicted molar refractivity (Wildman–Crippen MR) is 74.5 cm³/mol. The Kier molecular flexibility index (Phi) is 3.88. The third kappa shape index (κ3) is 2.57. The van der Waals surface area contributed by atoms with Gasteiger partial charge in [0.2, 0.25) is 5.95 Å². The van der Waals surface area contributed by atoms with E-state index in [1.165, 1.54) is 7.05 Å². The molecule has 0 saturated heterocycles. The quantitative estimate of drug-likeness (QED) is 0.806. The molecule has 0 radical (unpaired) electrons. The molecule has 0 aliphatic heterocycles. The third-order valence-electron chi connectivity index (χ3n) is 2.94. The van der Waals surface area contributed by atoms with Crippen molar-refractivity contribution < 1.29 is 13.9 Å². The Labute approximate surface area is 117 Å². The summed E-state index contributed by atoms with van der Waals surface area (Å²) in [7, 11) is 1.47. The van der Waals surface area contributed by atoms with Gasteiger partial charge < -0.3 is 4.74 Å². The molecule has 0 unspecified atom stereocenters. The second kappa shape index (κ2) is 5.45. The number of nitrogens with zero attached hydrogens (tertiary/aromatic N) is 2. The van der Waals surface area contributed by atoms with Gasteiger partial charge in [-0.2, -0.15) is 9.49 Å². The minimum absolute atomic E-state index is 0.0237. The van der Waals surface area contributed by atoms with Gasteiger partial charge in [-0.25, -0.2) is 4.68 Å². The van der Waals surface area contributed by atoms with E-state index in [2.05, 4.69) is 5.10 Å². The summed E-state index contributed by atoms with van der Waals surface area (Å²) in [5, 5.41) is 4.05. The summed E-state index contributed by atoms with van der Waals surface area (Å²) in [4.78, 5) is 11.0.